The summed E-state index contributed by atoms with van der Waals surface area (Å²) < 4.78 is 89.6. The molecule has 45 heteroatoms. The number of rotatable bonds is 25. The van der Waals surface area contributed by atoms with Gasteiger partial charge in [-0.05, 0) is 68.8 Å². The lowest BCUT2D eigenvalue weighted by Gasteiger charge is -2.21. The van der Waals surface area contributed by atoms with Gasteiger partial charge in [0.25, 0.3) is 17.7 Å². The maximum absolute atomic E-state index is 14.5. The van der Waals surface area contributed by atoms with Crippen LogP contribution in [0.5, 0.6) is 0 Å². The van der Waals surface area contributed by atoms with Gasteiger partial charge in [-0.15, -0.1) is 0 Å². The van der Waals surface area contributed by atoms with Crippen LogP contribution in [0.2, 0.25) is 5.02 Å². The van der Waals surface area contributed by atoms with E-state index in [4.69, 9.17) is 54.2 Å². The van der Waals surface area contributed by atoms with Crippen LogP contribution in [0.3, 0.4) is 0 Å². The molecule has 0 bridgehead atoms. The van der Waals surface area contributed by atoms with Crippen LogP contribution in [0.15, 0.2) is 190 Å². The van der Waals surface area contributed by atoms with Crippen molar-refractivity contribution in [3.8, 4) is 0 Å². The lowest BCUT2D eigenvalue weighted by molar-refractivity contribution is -0.162. The number of nitrogens with one attached hydrogen (secondary N) is 9. The Hall–Kier alpha value is -14.9. The Morgan fingerprint density at radius 2 is 0.710 bits per heavy atom. The van der Waals surface area contributed by atoms with Crippen LogP contribution in [-0.2, 0) is 76.6 Å². The van der Waals surface area contributed by atoms with E-state index in [0.29, 0.717) is 42.1 Å². The number of amides is 9. The zero-order chi connectivity index (χ0) is 91.7. The van der Waals surface area contributed by atoms with Crippen molar-refractivity contribution >= 4 is 122 Å². The Morgan fingerprint density at radius 3 is 1.08 bits per heavy atom. The van der Waals surface area contributed by atoms with E-state index in [2.05, 4.69) is 92.7 Å². The number of aromatic nitrogens is 12. The summed E-state index contributed by atoms with van der Waals surface area (Å²) in [5.74, 6) is -6.71. The summed E-state index contributed by atoms with van der Waals surface area (Å²) in [5.41, 5.74) is 3.51. The summed E-state index contributed by atoms with van der Waals surface area (Å²) in [6.45, 7) is 5.63. The highest BCUT2D eigenvalue weighted by Crippen LogP contribution is 2.48. The van der Waals surface area contributed by atoms with Crippen molar-refractivity contribution in [1.29, 1.82) is 0 Å². The molecule has 6 fully saturated rings. The Balaban J connectivity index is 0.000000144. The standard InChI is InChI=1S/C30H28FN7O7.C28H26ClN7O7.C28H26FN7O7/c1-2-32-30(42)37-25-21-26(35-14-34-25)38(15-36-21)28-24-22(43-20(44-24)12-11-16-7-4-3-5-8-16)23(45-28)27(39)33-13-18-17(29(40)41)9-6-10-19(18)31;2*1-2-30-28(40)35-22-18-23(33-12-32-22)36(13-34-18)25-21-19(42-27(43-21)14-7-4-3-5-8-14)20(41-25)24(37)31-11-16-15(26(38)39)9-6-10-17(16)29/h3-12,14-15,20,22-24,28H,2,13H2,1H3,(H,33,39)(H,40,41)(H2,32,34,35,37,42);2*3-10,12-13,19-21,25,27H,2,11H2,1H3,(H,31,37)(H,38,39)(H2,30,32,33,35,40)/b12-11+;;/t20-,22?,23?,24?,28?;2*19?,20?,21?,25?,27-/m000/s1. The van der Waals surface area contributed by atoms with Crippen LogP contribution in [0.1, 0.15) is 116 Å². The van der Waals surface area contributed by atoms with E-state index < -0.39 is 171 Å². The monoisotopic (exact) mass is 1820 g/mol. The van der Waals surface area contributed by atoms with Gasteiger partial charge in [0, 0.05) is 72.1 Å². The number of urea groups is 3. The van der Waals surface area contributed by atoms with Gasteiger partial charge >= 0.3 is 36.0 Å². The molecule has 42 nitrogen and oxygen atoms in total. The van der Waals surface area contributed by atoms with E-state index in [-0.39, 0.29) is 73.4 Å². The number of benzene rings is 6. The number of nitrogens with zero attached hydrogens (tertiary/aromatic N) is 12. The molecule has 676 valence electrons. The summed E-state index contributed by atoms with van der Waals surface area (Å²) in [6, 6.07) is 38.3. The lowest BCUT2D eigenvalue weighted by Crippen LogP contribution is -2.42. The summed E-state index contributed by atoms with van der Waals surface area (Å²) in [6.07, 6.45) is -2.24. The molecule has 9 amide bonds. The molecule has 12 heterocycles. The van der Waals surface area contributed by atoms with Gasteiger partial charge in [0.05, 0.1) is 35.7 Å². The van der Waals surface area contributed by atoms with E-state index in [1.807, 2.05) is 97.1 Å². The molecule has 6 aromatic heterocycles. The number of aromatic carboxylic acids is 3. The summed E-state index contributed by atoms with van der Waals surface area (Å²) in [5, 5.41) is 52.4. The largest absolute Gasteiger partial charge is 0.478 e. The maximum Gasteiger partial charge on any atom is 0.336 e. The molecule has 6 saturated heterocycles. The number of hydrogen-bond acceptors (Lipinski definition) is 27. The van der Waals surface area contributed by atoms with Crippen molar-refractivity contribution < 1.29 is 110 Å². The molecule has 0 aliphatic carbocycles. The lowest BCUT2D eigenvalue weighted by atomic mass is 10.1. The van der Waals surface area contributed by atoms with Gasteiger partial charge in [-0.1, -0.05) is 127 Å². The van der Waals surface area contributed by atoms with Crippen molar-refractivity contribution in [2.75, 3.05) is 35.6 Å². The quantitative estimate of drug-likeness (QED) is 0.0255. The van der Waals surface area contributed by atoms with Crippen LogP contribution in [-0.4, -0.2) is 208 Å². The Labute approximate surface area is 744 Å². The zero-order valence-corrected chi connectivity index (χ0v) is 69.8. The molecule has 0 saturated carbocycles. The van der Waals surface area contributed by atoms with Gasteiger partial charge in [-0.2, -0.15) is 0 Å². The molecule has 12 N–H and O–H groups in total. The predicted molar refractivity (Wildman–Crippen MR) is 453 cm³/mol. The molecular formula is C86H80ClF2N21O21. The molecule has 6 aliphatic heterocycles. The molecule has 12 unspecified atom stereocenters. The highest BCUT2D eigenvalue weighted by Gasteiger charge is 2.59. The summed E-state index contributed by atoms with van der Waals surface area (Å²) in [7, 11) is 0. The van der Waals surface area contributed by atoms with E-state index >= 15 is 0 Å². The van der Waals surface area contributed by atoms with Crippen molar-refractivity contribution in [3.63, 3.8) is 0 Å². The fourth-order valence-electron chi connectivity index (χ4n) is 15.4. The normalized spacial score (nSPS) is 22.6. The Morgan fingerprint density at radius 1 is 0.382 bits per heavy atom. The van der Waals surface area contributed by atoms with Crippen LogP contribution < -0.4 is 47.9 Å². The minimum atomic E-state index is -1.33. The van der Waals surface area contributed by atoms with Crippen LogP contribution >= 0.6 is 11.6 Å². The number of anilines is 3. The number of hydrogen-bond donors (Lipinski definition) is 12. The first kappa shape index (κ1) is 89.5. The average molecular weight is 1820 g/mol. The van der Waals surface area contributed by atoms with E-state index in [1.54, 1.807) is 46.6 Å². The summed E-state index contributed by atoms with van der Waals surface area (Å²) in [4.78, 5) is 150. The number of carbonyl (C=O) groups excluding carboxylic acids is 6. The van der Waals surface area contributed by atoms with E-state index in [9.17, 15) is 67.3 Å². The fourth-order valence-corrected chi connectivity index (χ4v) is 15.7. The highest BCUT2D eigenvalue weighted by atomic mass is 35.5. The number of carboxylic acids is 3. The van der Waals surface area contributed by atoms with Crippen molar-refractivity contribution in [2.45, 2.75) is 133 Å². The van der Waals surface area contributed by atoms with Crippen LogP contribution in [0, 0.1) is 11.6 Å². The van der Waals surface area contributed by atoms with E-state index in [1.165, 1.54) is 74.4 Å². The van der Waals surface area contributed by atoms with Crippen molar-refractivity contribution in [1.82, 2.24) is 90.5 Å². The summed E-state index contributed by atoms with van der Waals surface area (Å²) >= 11 is 6.26. The first-order valence-electron chi connectivity index (χ1n) is 40.8. The Bertz CT molecular complexity index is 6080. The van der Waals surface area contributed by atoms with Crippen molar-refractivity contribution in [2.24, 2.45) is 0 Å². The molecule has 0 radical (unpaired) electrons. The number of ether oxygens (including phenoxy) is 9. The smallest absolute Gasteiger partial charge is 0.336 e. The second kappa shape index (κ2) is 39.8. The predicted octanol–water partition coefficient (Wildman–Crippen LogP) is 8.36. The molecule has 6 aliphatic rings. The SMILES string of the molecule is CCNC(=O)Nc1ncnc2c1ncn2C1OC(C(=O)NCc2c(Cl)cccc2C(=O)O)C2O[C@H](c3ccccc3)OC21.CCNC(=O)Nc1ncnc2c1ncn2C1OC(C(=O)NCc2c(F)cccc2C(=O)O)C2O[C@H](/C=C/c3ccccc3)OC21.CCNC(=O)Nc1ncnc2c1ncn2C1OC(C(=O)NCc2c(F)cccc2C(=O)O)C2O[C@H](c3ccccc3)OC21. The van der Waals surface area contributed by atoms with Crippen LogP contribution in [0.25, 0.3) is 39.6 Å². The second-order valence-electron chi connectivity index (χ2n) is 29.5. The third-order valence-corrected chi connectivity index (χ3v) is 21.8. The second-order valence-corrected chi connectivity index (χ2v) is 29.9. The number of carboxylic acid groups (broad SMARTS) is 3. The molecular weight excluding hydrogens is 1740 g/mol. The third kappa shape index (κ3) is 19.2. The van der Waals surface area contributed by atoms with Crippen LogP contribution in [0.4, 0.5) is 40.6 Å². The number of carbonyl (C=O) groups is 9. The van der Waals surface area contributed by atoms with Gasteiger partial charge in [0.1, 0.15) is 67.2 Å². The van der Waals surface area contributed by atoms with Gasteiger partial charge < -0.3 is 89.9 Å². The van der Waals surface area contributed by atoms with Crippen molar-refractivity contribution in [3.05, 3.63) is 256 Å². The minimum Gasteiger partial charge on any atom is -0.478 e. The highest BCUT2D eigenvalue weighted by molar-refractivity contribution is 6.31. The molecule has 0 spiro atoms. The number of halogens is 3. The first-order valence-corrected chi connectivity index (χ1v) is 41.2. The molecule has 18 rings (SSSR count). The molecule has 15 atom stereocenters. The van der Waals surface area contributed by atoms with Gasteiger partial charge in [0.15, 0.2) is 107 Å². The maximum atomic E-state index is 14.5. The molecule has 131 heavy (non-hydrogen) atoms. The topological polar surface area (TPSA) is 536 Å². The molecule has 12 aromatic rings. The number of imidazole rings is 3. The minimum absolute atomic E-state index is 0.0258. The zero-order valence-electron chi connectivity index (χ0n) is 69.1. The fraction of sp³-hybridized carbons (Fsp3) is 0.279. The first-order chi connectivity index (χ1) is 63.5. The van der Waals surface area contributed by atoms with E-state index in [0.717, 1.165) is 28.8 Å². The third-order valence-electron chi connectivity index (χ3n) is 21.4. The average Bonchev–Trinajstić information content (AvgIpc) is 1.60. The van der Waals surface area contributed by atoms with Gasteiger partial charge in [0.2, 0.25) is 0 Å². The van der Waals surface area contributed by atoms with Gasteiger partial charge in [-0.25, -0.2) is 82.4 Å². The van der Waals surface area contributed by atoms with Gasteiger partial charge in [-0.3, -0.25) is 44.0 Å². The number of fused-ring (bicyclic) bond motifs is 6. The Kier molecular flexibility index (Phi) is 27.2. The molecule has 6 aromatic carbocycles.